The number of aromatic nitrogens is 2. The van der Waals surface area contributed by atoms with Gasteiger partial charge in [0.05, 0.1) is 12.6 Å². The van der Waals surface area contributed by atoms with Crippen molar-refractivity contribution >= 4 is 5.91 Å². The van der Waals surface area contributed by atoms with Crippen LogP contribution in [0.5, 0.6) is 5.88 Å². The molecule has 0 unspecified atom stereocenters. The molecule has 2 heterocycles. The van der Waals surface area contributed by atoms with Crippen molar-refractivity contribution in [1.29, 1.82) is 0 Å². The molecule has 5 aliphatic rings. The van der Waals surface area contributed by atoms with E-state index >= 15 is 0 Å². The molecule has 0 bridgehead atoms. The molecule has 1 aliphatic heterocycles. The van der Waals surface area contributed by atoms with E-state index in [-0.39, 0.29) is 18.1 Å². The predicted octanol–water partition coefficient (Wildman–Crippen LogP) is 5.81. The van der Waals surface area contributed by atoms with E-state index in [1.54, 1.807) is 17.8 Å². The summed E-state index contributed by atoms with van der Waals surface area (Å²) in [4.78, 5) is 23.2. The molecule has 6 rings (SSSR count). The number of likely N-dealkylation sites (tertiary alicyclic amines) is 1. The average molecular weight is 522 g/mol. The summed E-state index contributed by atoms with van der Waals surface area (Å²) in [7, 11) is 0. The van der Waals surface area contributed by atoms with Crippen LogP contribution >= 0.6 is 0 Å². The van der Waals surface area contributed by atoms with Gasteiger partial charge in [-0.3, -0.25) is 4.79 Å². The Hall–Kier alpha value is -1.95. The van der Waals surface area contributed by atoms with Gasteiger partial charge in [0.2, 0.25) is 11.8 Å². The Balaban J connectivity index is 1.04. The van der Waals surface area contributed by atoms with Crippen LogP contribution < -0.4 is 4.74 Å². The van der Waals surface area contributed by atoms with Gasteiger partial charge in [-0.05, 0) is 98.2 Å². The minimum absolute atomic E-state index is 0.0234. The highest BCUT2D eigenvalue weighted by molar-refractivity contribution is 5.76. The molecular weight excluding hydrogens is 474 g/mol. The fourth-order valence-corrected chi connectivity index (χ4v) is 9.90. The number of hydrogen-bond donors (Lipinski definition) is 1. The second-order valence-corrected chi connectivity index (χ2v) is 13.8. The highest BCUT2D eigenvalue weighted by Gasteiger charge is 2.59. The second kappa shape index (κ2) is 10.2. The Kier molecular flexibility index (Phi) is 7.07. The van der Waals surface area contributed by atoms with Gasteiger partial charge in [0.25, 0.3) is 0 Å². The summed E-state index contributed by atoms with van der Waals surface area (Å²) in [5, 5.41) is 10.3. The Morgan fingerprint density at radius 3 is 2.87 bits per heavy atom. The van der Waals surface area contributed by atoms with Crippen LogP contribution in [0.4, 0.5) is 0 Å². The summed E-state index contributed by atoms with van der Waals surface area (Å²) in [6.45, 7) is 8.98. The largest absolute Gasteiger partial charge is 0.472 e. The zero-order valence-electron chi connectivity index (χ0n) is 23.6. The Labute approximate surface area is 228 Å². The third kappa shape index (κ3) is 4.59. The van der Waals surface area contributed by atoms with E-state index < -0.39 is 0 Å². The van der Waals surface area contributed by atoms with Gasteiger partial charge in [-0.25, -0.2) is 9.97 Å². The van der Waals surface area contributed by atoms with E-state index in [2.05, 4.69) is 36.8 Å². The van der Waals surface area contributed by atoms with Gasteiger partial charge in [0, 0.05) is 31.6 Å². The molecule has 1 aromatic heterocycles. The van der Waals surface area contributed by atoms with E-state index in [9.17, 15) is 9.90 Å². The molecule has 0 spiro atoms. The van der Waals surface area contributed by atoms with Crippen LogP contribution in [0.1, 0.15) is 91.4 Å². The SMILES string of the molecule is C[C@H](CCC(=O)N1CC[C@H](Oc2ccncn2)C1)[C@H]1CC[C@H]2[C@@H]3CC=C4C[C@@H](O)CC[C@]4(C)[C@H]3CC[C@]12C. The van der Waals surface area contributed by atoms with Gasteiger partial charge in [0.1, 0.15) is 12.4 Å². The van der Waals surface area contributed by atoms with Crippen LogP contribution in [-0.4, -0.2) is 51.2 Å². The smallest absolute Gasteiger partial charge is 0.222 e. The highest BCUT2D eigenvalue weighted by Crippen LogP contribution is 2.67. The molecule has 6 nitrogen and oxygen atoms in total. The Morgan fingerprint density at radius 1 is 1.18 bits per heavy atom. The van der Waals surface area contributed by atoms with Crippen LogP contribution in [-0.2, 0) is 4.79 Å². The highest BCUT2D eigenvalue weighted by atomic mass is 16.5. The lowest BCUT2D eigenvalue weighted by molar-refractivity contribution is -0.131. The van der Waals surface area contributed by atoms with Gasteiger partial charge in [0.15, 0.2) is 0 Å². The molecule has 9 atom stereocenters. The Morgan fingerprint density at radius 2 is 2.05 bits per heavy atom. The molecule has 6 heteroatoms. The molecule has 0 aromatic carbocycles. The molecule has 38 heavy (non-hydrogen) atoms. The quantitative estimate of drug-likeness (QED) is 0.478. The molecule has 1 amide bonds. The average Bonchev–Trinajstić information content (AvgIpc) is 3.52. The van der Waals surface area contributed by atoms with E-state index in [4.69, 9.17) is 4.74 Å². The fraction of sp³-hybridized carbons (Fsp3) is 0.781. The first-order valence-electron chi connectivity index (χ1n) is 15.4. The third-order valence-electron chi connectivity index (χ3n) is 12.0. The summed E-state index contributed by atoms with van der Waals surface area (Å²) in [5.74, 6) is 4.57. The standard InChI is InChI=1S/C32H47N3O3/c1-21(4-9-30(37)35-17-13-24(19-35)38-29-12-16-33-20-34-29)26-7-8-27-25-6-5-22-18-23(36)10-14-31(22,2)28(25)11-15-32(26,27)3/h5,12,16,20-21,23-28,36H,4,6-11,13-15,17-19H2,1-3H3/t21-,23+,24+,25+,26-,27+,28+,31+,32-/m1/s1. The summed E-state index contributed by atoms with van der Waals surface area (Å²) in [6, 6.07) is 1.78. The summed E-state index contributed by atoms with van der Waals surface area (Å²) in [6.07, 6.45) is 17.7. The van der Waals surface area contributed by atoms with E-state index in [1.807, 2.05) is 4.90 Å². The maximum absolute atomic E-state index is 13.1. The summed E-state index contributed by atoms with van der Waals surface area (Å²) >= 11 is 0. The van der Waals surface area contributed by atoms with Crippen molar-refractivity contribution in [3.63, 3.8) is 0 Å². The van der Waals surface area contributed by atoms with Gasteiger partial charge in [-0.15, -0.1) is 0 Å². The topological polar surface area (TPSA) is 75.6 Å². The monoisotopic (exact) mass is 521 g/mol. The maximum atomic E-state index is 13.1. The molecule has 0 radical (unpaired) electrons. The number of aliphatic hydroxyl groups excluding tert-OH is 1. The molecule has 1 saturated heterocycles. The summed E-state index contributed by atoms with van der Waals surface area (Å²) < 4.78 is 5.96. The molecule has 1 aromatic rings. The van der Waals surface area contributed by atoms with Crippen LogP contribution in [0.15, 0.2) is 30.2 Å². The molecule has 208 valence electrons. The lowest BCUT2D eigenvalue weighted by atomic mass is 9.47. The van der Waals surface area contributed by atoms with E-state index in [0.717, 1.165) is 62.3 Å². The van der Waals surface area contributed by atoms with Gasteiger partial charge in [-0.2, -0.15) is 0 Å². The molecular formula is C32H47N3O3. The van der Waals surface area contributed by atoms with E-state index in [0.29, 0.717) is 35.6 Å². The molecule has 3 saturated carbocycles. The predicted molar refractivity (Wildman–Crippen MR) is 147 cm³/mol. The first-order valence-corrected chi connectivity index (χ1v) is 15.4. The van der Waals surface area contributed by atoms with Gasteiger partial charge in [-0.1, -0.05) is 32.4 Å². The van der Waals surface area contributed by atoms with Crippen molar-refractivity contribution in [3.05, 3.63) is 30.2 Å². The maximum Gasteiger partial charge on any atom is 0.222 e. The number of carbonyl (C=O) groups excluding carboxylic acids is 1. The first-order chi connectivity index (χ1) is 18.3. The number of nitrogens with zero attached hydrogens (tertiary/aromatic N) is 3. The third-order valence-corrected chi connectivity index (χ3v) is 12.0. The van der Waals surface area contributed by atoms with Crippen molar-refractivity contribution in [2.45, 2.75) is 104 Å². The van der Waals surface area contributed by atoms with Crippen LogP contribution in [0.3, 0.4) is 0 Å². The van der Waals surface area contributed by atoms with Crippen molar-refractivity contribution in [3.8, 4) is 5.88 Å². The number of carbonyl (C=O) groups is 1. The number of aliphatic hydroxyl groups is 1. The second-order valence-electron chi connectivity index (χ2n) is 13.8. The zero-order chi connectivity index (χ0) is 26.5. The first kappa shape index (κ1) is 26.3. The number of rotatable bonds is 6. The molecule has 4 fully saturated rings. The van der Waals surface area contributed by atoms with Gasteiger partial charge < -0.3 is 14.7 Å². The van der Waals surface area contributed by atoms with Crippen molar-refractivity contribution in [2.75, 3.05) is 13.1 Å². The fourth-order valence-electron chi connectivity index (χ4n) is 9.90. The van der Waals surface area contributed by atoms with Crippen LogP contribution in [0, 0.1) is 40.4 Å². The number of fused-ring (bicyclic) bond motifs is 5. The molecule has 4 aliphatic carbocycles. The minimum Gasteiger partial charge on any atom is -0.472 e. The molecule has 1 N–H and O–H groups in total. The number of ether oxygens (including phenoxy) is 1. The van der Waals surface area contributed by atoms with Crippen LogP contribution in [0.25, 0.3) is 0 Å². The number of amides is 1. The normalized spacial score (nSPS) is 41.1. The van der Waals surface area contributed by atoms with Crippen molar-refractivity contribution < 1.29 is 14.6 Å². The minimum atomic E-state index is -0.128. The summed E-state index contributed by atoms with van der Waals surface area (Å²) in [5.41, 5.74) is 2.28. The number of hydrogen-bond acceptors (Lipinski definition) is 5. The van der Waals surface area contributed by atoms with Gasteiger partial charge >= 0.3 is 0 Å². The Bertz CT molecular complexity index is 1050. The zero-order valence-corrected chi connectivity index (χ0v) is 23.6. The van der Waals surface area contributed by atoms with Crippen molar-refractivity contribution in [1.82, 2.24) is 14.9 Å². The lowest BCUT2D eigenvalue weighted by Gasteiger charge is -2.58. The van der Waals surface area contributed by atoms with E-state index in [1.165, 1.54) is 38.4 Å². The van der Waals surface area contributed by atoms with Crippen LogP contribution in [0.2, 0.25) is 0 Å². The van der Waals surface area contributed by atoms with Crippen molar-refractivity contribution in [2.24, 2.45) is 40.4 Å². The number of allylic oxidation sites excluding steroid dienone is 1. The lowest BCUT2D eigenvalue weighted by Crippen LogP contribution is -2.50.